The average molecular weight is 288 g/mol. The Morgan fingerprint density at radius 3 is 2.90 bits per heavy atom. The first-order valence-corrected chi connectivity index (χ1v) is 6.74. The molecule has 3 heterocycles. The van der Waals surface area contributed by atoms with Gasteiger partial charge >= 0.3 is 0 Å². The lowest BCUT2D eigenvalue weighted by Gasteiger charge is -2.22. The Morgan fingerprint density at radius 2 is 2.19 bits per heavy atom. The van der Waals surface area contributed by atoms with E-state index in [0.29, 0.717) is 24.4 Å². The molecule has 2 aromatic heterocycles. The van der Waals surface area contributed by atoms with E-state index in [1.54, 1.807) is 25.5 Å². The molecule has 0 radical (unpaired) electrons. The van der Waals surface area contributed by atoms with Crippen LogP contribution in [0.4, 0.5) is 11.9 Å². The zero-order valence-corrected chi connectivity index (χ0v) is 11.6. The molecule has 9 nitrogen and oxygen atoms in total. The van der Waals surface area contributed by atoms with Crippen LogP contribution in [0.3, 0.4) is 0 Å². The maximum atomic E-state index is 11.8. The quantitative estimate of drug-likeness (QED) is 0.714. The second-order valence-corrected chi connectivity index (χ2v) is 4.61. The Labute approximate surface area is 121 Å². The number of carbonyl (C=O) groups excluding carboxylic acids is 1. The van der Waals surface area contributed by atoms with E-state index in [1.807, 2.05) is 0 Å². The predicted molar refractivity (Wildman–Crippen MR) is 76.2 cm³/mol. The van der Waals surface area contributed by atoms with E-state index in [4.69, 9.17) is 0 Å². The number of anilines is 2. The fourth-order valence-corrected chi connectivity index (χ4v) is 2.10. The molecule has 1 aliphatic rings. The Balaban J connectivity index is 1.87. The molecular weight excluding hydrogens is 272 g/mol. The Morgan fingerprint density at radius 1 is 1.33 bits per heavy atom. The van der Waals surface area contributed by atoms with E-state index in [9.17, 15) is 4.79 Å². The number of nitrogens with one attached hydrogen (secondary N) is 3. The SMILES string of the molecule is CNc1nc(NC2CCCNC2=O)nc(-n2cccn2)n1. The summed E-state index contributed by atoms with van der Waals surface area (Å²) in [6.45, 7) is 0.717. The van der Waals surface area contributed by atoms with Crippen LogP contribution >= 0.6 is 0 Å². The summed E-state index contributed by atoms with van der Waals surface area (Å²) < 4.78 is 1.54. The standard InChI is InChI=1S/C12H16N8O/c1-13-10-17-11(16-8-4-2-5-14-9(8)21)19-12(18-10)20-7-3-6-15-20/h3,6-8H,2,4-5H2,1H3,(H,14,21)(H2,13,16,17,18,19). The van der Waals surface area contributed by atoms with Gasteiger partial charge in [-0.2, -0.15) is 20.1 Å². The molecule has 110 valence electrons. The number of nitrogens with zero attached hydrogens (tertiary/aromatic N) is 5. The number of rotatable bonds is 4. The second kappa shape index (κ2) is 5.73. The van der Waals surface area contributed by atoms with E-state index >= 15 is 0 Å². The Kier molecular flexibility index (Phi) is 3.63. The second-order valence-electron chi connectivity index (χ2n) is 4.61. The summed E-state index contributed by atoms with van der Waals surface area (Å²) in [6, 6.07) is 1.46. The summed E-state index contributed by atoms with van der Waals surface area (Å²) in [6.07, 6.45) is 5.07. The van der Waals surface area contributed by atoms with Gasteiger partial charge in [-0.15, -0.1) is 0 Å². The van der Waals surface area contributed by atoms with Crippen molar-refractivity contribution in [1.29, 1.82) is 0 Å². The highest BCUT2D eigenvalue weighted by Gasteiger charge is 2.23. The molecule has 3 rings (SSSR count). The van der Waals surface area contributed by atoms with Gasteiger partial charge in [-0.05, 0) is 18.9 Å². The van der Waals surface area contributed by atoms with Gasteiger partial charge in [0.15, 0.2) is 0 Å². The third-order valence-electron chi connectivity index (χ3n) is 3.15. The summed E-state index contributed by atoms with van der Waals surface area (Å²) in [7, 11) is 1.72. The van der Waals surface area contributed by atoms with Crippen molar-refractivity contribution in [2.24, 2.45) is 0 Å². The first-order valence-electron chi connectivity index (χ1n) is 6.74. The third-order valence-corrected chi connectivity index (χ3v) is 3.15. The molecule has 0 aromatic carbocycles. The zero-order valence-electron chi connectivity index (χ0n) is 11.6. The molecule has 1 fully saturated rings. The molecule has 1 unspecified atom stereocenters. The zero-order chi connectivity index (χ0) is 14.7. The van der Waals surface area contributed by atoms with Crippen LogP contribution in [0.1, 0.15) is 12.8 Å². The molecule has 3 N–H and O–H groups in total. The van der Waals surface area contributed by atoms with Crippen molar-refractivity contribution < 1.29 is 4.79 Å². The molecule has 1 atom stereocenters. The third kappa shape index (κ3) is 2.91. The van der Waals surface area contributed by atoms with Crippen molar-refractivity contribution in [3.05, 3.63) is 18.5 Å². The smallest absolute Gasteiger partial charge is 0.257 e. The molecule has 9 heteroatoms. The largest absolute Gasteiger partial charge is 0.357 e. The van der Waals surface area contributed by atoms with Gasteiger partial charge in [0.25, 0.3) is 5.95 Å². The van der Waals surface area contributed by atoms with Crippen molar-refractivity contribution in [3.8, 4) is 5.95 Å². The molecule has 1 saturated heterocycles. The van der Waals surface area contributed by atoms with Crippen LogP contribution < -0.4 is 16.0 Å². The maximum Gasteiger partial charge on any atom is 0.257 e. The van der Waals surface area contributed by atoms with Crippen LogP contribution in [0.25, 0.3) is 5.95 Å². The topological polar surface area (TPSA) is 110 Å². The normalized spacial score (nSPS) is 18.1. The van der Waals surface area contributed by atoms with Crippen LogP contribution in [0.5, 0.6) is 0 Å². The summed E-state index contributed by atoms with van der Waals surface area (Å²) in [5.74, 6) is 1.11. The highest BCUT2D eigenvalue weighted by atomic mass is 16.2. The van der Waals surface area contributed by atoms with Crippen LogP contribution in [0, 0.1) is 0 Å². The van der Waals surface area contributed by atoms with Gasteiger partial charge in [-0.25, -0.2) is 4.68 Å². The van der Waals surface area contributed by atoms with Crippen LogP contribution in [0.15, 0.2) is 18.5 Å². The summed E-state index contributed by atoms with van der Waals surface area (Å²) >= 11 is 0. The molecule has 0 saturated carbocycles. The lowest BCUT2D eigenvalue weighted by Crippen LogP contribution is -2.44. The van der Waals surface area contributed by atoms with E-state index in [2.05, 4.69) is 36.0 Å². The minimum atomic E-state index is -0.323. The number of hydrogen-bond donors (Lipinski definition) is 3. The van der Waals surface area contributed by atoms with Crippen LogP contribution in [-0.4, -0.2) is 50.3 Å². The highest BCUT2D eigenvalue weighted by Crippen LogP contribution is 2.12. The average Bonchev–Trinajstić information content (AvgIpc) is 3.04. The van der Waals surface area contributed by atoms with Crippen molar-refractivity contribution in [1.82, 2.24) is 30.0 Å². The molecule has 2 aromatic rings. The van der Waals surface area contributed by atoms with Gasteiger partial charge in [0.05, 0.1) is 0 Å². The number of hydrogen-bond acceptors (Lipinski definition) is 7. The minimum absolute atomic E-state index is 0.0340. The van der Waals surface area contributed by atoms with Gasteiger partial charge in [-0.3, -0.25) is 4.79 Å². The van der Waals surface area contributed by atoms with Gasteiger partial charge < -0.3 is 16.0 Å². The molecule has 1 amide bonds. The van der Waals surface area contributed by atoms with Gasteiger partial charge in [0, 0.05) is 26.0 Å². The van der Waals surface area contributed by atoms with Gasteiger partial charge in [-0.1, -0.05) is 0 Å². The number of aromatic nitrogens is 5. The number of carbonyl (C=O) groups is 1. The van der Waals surface area contributed by atoms with E-state index in [0.717, 1.165) is 12.8 Å². The lowest BCUT2D eigenvalue weighted by molar-refractivity contribution is -0.123. The predicted octanol–water partition coefficient (Wildman–Crippen LogP) is -0.211. The molecule has 1 aliphatic heterocycles. The number of piperidine rings is 1. The molecule has 0 aliphatic carbocycles. The lowest BCUT2D eigenvalue weighted by atomic mass is 10.1. The highest BCUT2D eigenvalue weighted by molar-refractivity contribution is 5.84. The summed E-state index contributed by atoms with van der Waals surface area (Å²) in [4.78, 5) is 24.5. The molecule has 0 bridgehead atoms. The molecular formula is C12H16N8O. The first-order chi connectivity index (χ1) is 10.3. The van der Waals surface area contributed by atoms with E-state index in [-0.39, 0.29) is 11.9 Å². The van der Waals surface area contributed by atoms with Crippen LogP contribution in [-0.2, 0) is 4.79 Å². The summed E-state index contributed by atoms with van der Waals surface area (Å²) in [5, 5.41) is 12.8. The summed E-state index contributed by atoms with van der Waals surface area (Å²) in [5.41, 5.74) is 0. The molecule has 0 spiro atoms. The fraction of sp³-hybridized carbons (Fsp3) is 0.417. The maximum absolute atomic E-state index is 11.8. The van der Waals surface area contributed by atoms with E-state index < -0.39 is 0 Å². The fourth-order valence-electron chi connectivity index (χ4n) is 2.10. The van der Waals surface area contributed by atoms with Crippen molar-refractivity contribution >= 4 is 17.8 Å². The minimum Gasteiger partial charge on any atom is -0.357 e. The Hall–Kier alpha value is -2.71. The van der Waals surface area contributed by atoms with Crippen molar-refractivity contribution in [3.63, 3.8) is 0 Å². The van der Waals surface area contributed by atoms with Crippen LogP contribution in [0.2, 0.25) is 0 Å². The monoisotopic (exact) mass is 288 g/mol. The van der Waals surface area contributed by atoms with E-state index in [1.165, 1.54) is 4.68 Å². The molecule has 21 heavy (non-hydrogen) atoms. The van der Waals surface area contributed by atoms with Crippen molar-refractivity contribution in [2.45, 2.75) is 18.9 Å². The number of amides is 1. The van der Waals surface area contributed by atoms with Gasteiger partial charge in [0.2, 0.25) is 17.8 Å². The first kappa shape index (κ1) is 13.3. The van der Waals surface area contributed by atoms with Crippen molar-refractivity contribution in [2.75, 3.05) is 24.2 Å². The Bertz CT molecular complexity index is 626. The van der Waals surface area contributed by atoms with Gasteiger partial charge in [0.1, 0.15) is 6.04 Å².